The van der Waals surface area contributed by atoms with Crippen LogP contribution in [0, 0.1) is 5.41 Å². The largest absolute Gasteiger partial charge is 0.493 e. The first-order valence-corrected chi connectivity index (χ1v) is 8.86. The van der Waals surface area contributed by atoms with Crippen molar-refractivity contribution in [1.29, 1.82) is 0 Å². The van der Waals surface area contributed by atoms with Crippen molar-refractivity contribution in [2.24, 2.45) is 5.41 Å². The van der Waals surface area contributed by atoms with Gasteiger partial charge in [0.2, 0.25) is 0 Å². The molecular weight excluding hydrogens is 362 g/mol. The molecule has 0 spiro atoms. The van der Waals surface area contributed by atoms with E-state index in [1.807, 2.05) is 0 Å². The summed E-state index contributed by atoms with van der Waals surface area (Å²) in [7, 11) is 3.07. The van der Waals surface area contributed by atoms with Gasteiger partial charge in [-0.15, -0.1) is 0 Å². The third-order valence-corrected chi connectivity index (χ3v) is 4.67. The lowest BCUT2D eigenvalue weighted by Crippen LogP contribution is -2.56. The summed E-state index contributed by atoms with van der Waals surface area (Å²) in [5.74, 6) is -1.45. The van der Waals surface area contributed by atoms with Crippen LogP contribution in [0.1, 0.15) is 25.0 Å². The Balaban J connectivity index is 2.02. The zero-order valence-electron chi connectivity index (χ0n) is 16.4. The summed E-state index contributed by atoms with van der Waals surface area (Å²) >= 11 is 0. The second kappa shape index (κ2) is 7.50. The fourth-order valence-electron chi connectivity index (χ4n) is 3.29. The number of pyridine rings is 1. The maximum atomic E-state index is 13.0. The Morgan fingerprint density at radius 3 is 2.00 bits per heavy atom. The van der Waals surface area contributed by atoms with E-state index in [9.17, 15) is 9.59 Å². The second-order valence-electron chi connectivity index (χ2n) is 7.16. The smallest absolute Gasteiger partial charge is 0.327 e. The summed E-state index contributed by atoms with van der Waals surface area (Å²) in [6.07, 6.45) is 3.47. The number of methoxy groups -OCH3 is 2. The number of hydrogen-bond donors (Lipinski definition) is 0. The van der Waals surface area contributed by atoms with Gasteiger partial charge in [0, 0.05) is 26.2 Å². The molecule has 1 fully saturated rings. The number of esters is 2. The molecule has 1 aromatic heterocycles. The molecule has 0 saturated carbocycles. The number of carbonyl (C=O) groups excluding carboxylic acids is 2. The Morgan fingerprint density at radius 2 is 1.43 bits per heavy atom. The average molecular weight is 385 g/mol. The third-order valence-electron chi connectivity index (χ3n) is 4.67. The van der Waals surface area contributed by atoms with Crippen molar-refractivity contribution in [3.05, 3.63) is 53.9 Å². The molecule has 2 heterocycles. The van der Waals surface area contributed by atoms with Crippen molar-refractivity contribution in [2.75, 3.05) is 14.2 Å². The molecule has 0 atom stereocenters. The molecule has 0 unspecified atom stereocenters. The summed E-state index contributed by atoms with van der Waals surface area (Å²) < 4.78 is 21.5. The van der Waals surface area contributed by atoms with Crippen molar-refractivity contribution in [1.82, 2.24) is 4.98 Å². The second-order valence-corrected chi connectivity index (χ2v) is 7.16. The van der Waals surface area contributed by atoms with Gasteiger partial charge >= 0.3 is 11.9 Å². The van der Waals surface area contributed by atoms with E-state index in [2.05, 4.69) is 4.98 Å². The van der Waals surface area contributed by atoms with E-state index in [1.165, 1.54) is 21.0 Å². The van der Waals surface area contributed by atoms with Crippen LogP contribution in [0.3, 0.4) is 0 Å². The van der Waals surface area contributed by atoms with E-state index in [0.717, 1.165) is 11.1 Å². The number of carbonyl (C=O) groups is 2. The fourth-order valence-corrected chi connectivity index (χ4v) is 3.29. The first-order valence-electron chi connectivity index (χ1n) is 8.86. The molecule has 0 bridgehead atoms. The molecule has 0 radical (unpaired) electrons. The lowest BCUT2D eigenvalue weighted by molar-refractivity contribution is -0.251. The van der Waals surface area contributed by atoms with Gasteiger partial charge in [0.15, 0.2) is 16.9 Å². The lowest BCUT2D eigenvalue weighted by atomic mass is 9.75. The predicted octanol–water partition coefficient (Wildman–Crippen LogP) is 2.71. The van der Waals surface area contributed by atoms with Crippen LogP contribution in [-0.2, 0) is 31.9 Å². The van der Waals surface area contributed by atoms with Gasteiger partial charge in [0.25, 0.3) is 5.79 Å². The Bertz CT molecular complexity index is 858. The Hall–Kier alpha value is -3.09. The maximum absolute atomic E-state index is 13.0. The third kappa shape index (κ3) is 3.78. The molecular formula is C21H23NO6. The molecule has 1 saturated heterocycles. The van der Waals surface area contributed by atoms with Gasteiger partial charge in [-0.3, -0.25) is 14.6 Å². The molecule has 1 aliphatic rings. The van der Waals surface area contributed by atoms with Crippen molar-refractivity contribution in [2.45, 2.75) is 32.5 Å². The van der Waals surface area contributed by atoms with Gasteiger partial charge < -0.3 is 18.9 Å². The topological polar surface area (TPSA) is 84.0 Å². The number of nitrogens with zero attached hydrogens (tertiary/aromatic N) is 1. The molecule has 3 rings (SSSR count). The lowest BCUT2D eigenvalue weighted by Gasteiger charge is -2.40. The van der Waals surface area contributed by atoms with Crippen molar-refractivity contribution in [3.63, 3.8) is 0 Å². The van der Waals surface area contributed by atoms with Crippen LogP contribution in [0.15, 0.2) is 42.7 Å². The van der Waals surface area contributed by atoms with E-state index >= 15 is 0 Å². The Kier molecular flexibility index (Phi) is 5.27. The average Bonchev–Trinajstić information content (AvgIpc) is 2.66. The van der Waals surface area contributed by atoms with E-state index in [0.29, 0.717) is 11.5 Å². The minimum Gasteiger partial charge on any atom is -0.493 e. The van der Waals surface area contributed by atoms with E-state index in [-0.39, 0.29) is 12.8 Å². The predicted molar refractivity (Wildman–Crippen MR) is 99.9 cm³/mol. The van der Waals surface area contributed by atoms with Gasteiger partial charge in [0.1, 0.15) is 0 Å². The maximum Gasteiger partial charge on any atom is 0.327 e. The molecule has 0 N–H and O–H groups in total. The molecule has 1 aromatic carbocycles. The summed E-state index contributed by atoms with van der Waals surface area (Å²) in [5, 5.41) is 0. The van der Waals surface area contributed by atoms with Gasteiger partial charge in [-0.25, -0.2) is 0 Å². The standard InChI is InChI=1S/C21H23NO6/c1-20(2)27-18(23)21(19(24)28-20,12-14-7-9-22-10-8-14)13-15-5-6-16(25-3)17(11-15)26-4/h5-11H,12-13H2,1-4H3. The van der Waals surface area contributed by atoms with Crippen LogP contribution in [0.2, 0.25) is 0 Å². The minimum atomic E-state index is -1.50. The summed E-state index contributed by atoms with van der Waals surface area (Å²) in [5.41, 5.74) is 0.000571. The van der Waals surface area contributed by atoms with Gasteiger partial charge in [-0.2, -0.15) is 0 Å². The highest BCUT2D eigenvalue weighted by Crippen LogP contribution is 2.39. The monoisotopic (exact) mass is 385 g/mol. The molecule has 0 amide bonds. The number of ether oxygens (including phenoxy) is 4. The van der Waals surface area contributed by atoms with Crippen molar-refractivity contribution < 1.29 is 28.5 Å². The van der Waals surface area contributed by atoms with Gasteiger partial charge in [0.05, 0.1) is 14.2 Å². The molecule has 0 aliphatic carbocycles. The SMILES string of the molecule is COc1ccc(CC2(Cc3ccncc3)C(=O)OC(C)(C)OC2=O)cc1OC. The van der Waals surface area contributed by atoms with Crippen LogP contribution in [0.5, 0.6) is 11.5 Å². The Labute approximate surface area is 163 Å². The van der Waals surface area contributed by atoms with Crippen molar-refractivity contribution in [3.8, 4) is 11.5 Å². The molecule has 2 aromatic rings. The first-order chi connectivity index (χ1) is 13.3. The highest BCUT2D eigenvalue weighted by Gasteiger charge is 2.56. The van der Waals surface area contributed by atoms with Crippen LogP contribution in [0.25, 0.3) is 0 Å². The van der Waals surface area contributed by atoms with E-state index < -0.39 is 23.1 Å². The number of cyclic esters (lactones) is 2. The highest BCUT2D eigenvalue weighted by atomic mass is 16.7. The van der Waals surface area contributed by atoms with Crippen molar-refractivity contribution >= 4 is 11.9 Å². The number of aromatic nitrogens is 1. The van der Waals surface area contributed by atoms with Crippen LogP contribution >= 0.6 is 0 Å². The molecule has 7 heteroatoms. The Morgan fingerprint density at radius 1 is 0.857 bits per heavy atom. The summed E-state index contributed by atoms with van der Waals surface area (Å²) in [6.45, 7) is 3.07. The zero-order chi connectivity index (χ0) is 20.4. The molecule has 148 valence electrons. The molecule has 7 nitrogen and oxygen atoms in total. The number of hydrogen-bond acceptors (Lipinski definition) is 7. The van der Waals surface area contributed by atoms with E-state index in [4.69, 9.17) is 18.9 Å². The molecule has 1 aliphatic heterocycles. The summed E-state index contributed by atoms with van der Waals surface area (Å²) in [4.78, 5) is 30.1. The normalized spacial score (nSPS) is 17.4. The van der Waals surface area contributed by atoms with Gasteiger partial charge in [-0.1, -0.05) is 6.07 Å². The first kappa shape index (κ1) is 19.7. The quantitative estimate of drug-likeness (QED) is 0.558. The summed E-state index contributed by atoms with van der Waals surface area (Å²) in [6, 6.07) is 8.79. The zero-order valence-corrected chi connectivity index (χ0v) is 16.4. The number of benzene rings is 1. The van der Waals surface area contributed by atoms with Crippen LogP contribution in [0.4, 0.5) is 0 Å². The highest BCUT2D eigenvalue weighted by molar-refractivity contribution is 6.02. The fraction of sp³-hybridized carbons (Fsp3) is 0.381. The van der Waals surface area contributed by atoms with E-state index in [1.54, 1.807) is 49.8 Å². The van der Waals surface area contributed by atoms with Crippen LogP contribution in [-0.4, -0.2) is 36.9 Å². The minimum absolute atomic E-state index is 0.101. The van der Waals surface area contributed by atoms with Crippen LogP contribution < -0.4 is 9.47 Å². The number of rotatable bonds is 6. The van der Waals surface area contributed by atoms with Gasteiger partial charge in [-0.05, 0) is 48.2 Å². The molecule has 28 heavy (non-hydrogen) atoms.